The van der Waals surface area contributed by atoms with Crippen LogP contribution >= 0.6 is 0 Å². The molecule has 0 saturated carbocycles. The molecule has 0 spiro atoms. The number of aromatic amines is 1. The van der Waals surface area contributed by atoms with Gasteiger partial charge in [-0.05, 0) is 18.2 Å². The molecule has 0 unspecified atom stereocenters. The number of fused-ring (bicyclic) bond motifs is 1. The van der Waals surface area contributed by atoms with E-state index in [1.807, 2.05) is 0 Å². The van der Waals surface area contributed by atoms with Crippen LogP contribution in [0.15, 0.2) is 35.4 Å². The lowest BCUT2D eigenvalue weighted by atomic mass is 10.2. The van der Waals surface area contributed by atoms with Gasteiger partial charge in [-0.25, -0.2) is 0 Å². The fourth-order valence-electron chi connectivity index (χ4n) is 1.28. The van der Waals surface area contributed by atoms with Gasteiger partial charge in [-0.15, -0.1) is 0 Å². The molecule has 0 fully saturated rings. The largest absolute Gasteiger partial charge is 0.361 e. The Morgan fingerprint density at radius 2 is 2.00 bits per heavy atom. The predicted octanol–water partition coefficient (Wildman–Crippen LogP) is 1.41. The van der Waals surface area contributed by atoms with E-state index in [0.29, 0.717) is 10.9 Å². The minimum Gasteiger partial charge on any atom is -0.361 e. The van der Waals surface area contributed by atoms with Crippen molar-refractivity contribution < 1.29 is 13.0 Å². The molecule has 0 radical (unpaired) electrons. The third-order valence-electron chi connectivity index (χ3n) is 1.83. The molecule has 0 bridgehead atoms. The van der Waals surface area contributed by atoms with E-state index in [-0.39, 0.29) is 4.90 Å². The Morgan fingerprint density at radius 3 is 2.69 bits per heavy atom. The Morgan fingerprint density at radius 1 is 1.23 bits per heavy atom. The minimum absolute atomic E-state index is 0.0637. The molecule has 0 amide bonds. The zero-order chi connectivity index (χ0) is 9.47. The van der Waals surface area contributed by atoms with Crippen molar-refractivity contribution in [2.75, 3.05) is 0 Å². The van der Waals surface area contributed by atoms with Crippen LogP contribution in [0.3, 0.4) is 0 Å². The van der Waals surface area contributed by atoms with Crippen molar-refractivity contribution in [2.45, 2.75) is 4.90 Å². The number of hydrogen-bond donors (Lipinski definition) is 2. The number of nitrogens with one attached hydrogen (secondary N) is 1. The number of hydrogen-bond acceptors (Lipinski definition) is 2. The first-order valence-corrected chi connectivity index (χ1v) is 5.06. The van der Waals surface area contributed by atoms with Crippen molar-refractivity contribution in [2.24, 2.45) is 0 Å². The smallest absolute Gasteiger partial charge is 0.295 e. The highest BCUT2D eigenvalue weighted by atomic mass is 32.2. The summed E-state index contributed by atoms with van der Waals surface area (Å²) in [7, 11) is -4.12. The molecule has 1 heterocycles. The molecule has 4 nitrogen and oxygen atoms in total. The van der Waals surface area contributed by atoms with Crippen molar-refractivity contribution in [3.8, 4) is 0 Å². The van der Waals surface area contributed by atoms with Gasteiger partial charge in [-0.2, -0.15) is 8.42 Å². The van der Waals surface area contributed by atoms with Crippen molar-refractivity contribution in [1.82, 2.24) is 4.98 Å². The lowest BCUT2D eigenvalue weighted by molar-refractivity contribution is 0.484. The Kier molecular flexibility index (Phi) is 1.64. The van der Waals surface area contributed by atoms with Crippen LogP contribution in [0.1, 0.15) is 0 Å². The topological polar surface area (TPSA) is 70.2 Å². The number of rotatable bonds is 1. The molecule has 0 aliphatic heterocycles. The summed E-state index contributed by atoms with van der Waals surface area (Å²) in [4.78, 5) is 2.79. The molecule has 2 N–H and O–H groups in total. The summed E-state index contributed by atoms with van der Waals surface area (Å²) < 4.78 is 30.6. The summed E-state index contributed by atoms with van der Waals surface area (Å²) >= 11 is 0. The maximum Gasteiger partial charge on any atom is 0.295 e. The van der Waals surface area contributed by atoms with E-state index < -0.39 is 10.1 Å². The average molecular weight is 197 g/mol. The fourth-order valence-corrected chi connectivity index (χ4v) is 1.99. The first-order chi connectivity index (χ1) is 6.09. The highest BCUT2D eigenvalue weighted by Crippen LogP contribution is 2.21. The van der Waals surface area contributed by atoms with E-state index in [1.165, 1.54) is 6.07 Å². The maximum absolute atomic E-state index is 10.9. The van der Waals surface area contributed by atoms with Crippen molar-refractivity contribution in [3.05, 3.63) is 30.5 Å². The molecule has 1 aromatic carbocycles. The Hall–Kier alpha value is -1.33. The molecule has 0 aliphatic rings. The summed E-state index contributed by atoms with van der Waals surface area (Å²) in [5.74, 6) is 0. The van der Waals surface area contributed by atoms with Gasteiger partial charge in [0, 0.05) is 17.1 Å². The maximum atomic E-state index is 10.9. The summed E-state index contributed by atoms with van der Waals surface area (Å²) in [6.45, 7) is 0. The highest BCUT2D eigenvalue weighted by Gasteiger charge is 2.13. The van der Waals surface area contributed by atoms with E-state index in [0.717, 1.165) is 0 Å². The van der Waals surface area contributed by atoms with Crippen LogP contribution in [-0.2, 0) is 10.1 Å². The molecule has 1 aromatic heterocycles. The van der Waals surface area contributed by atoms with E-state index in [1.54, 1.807) is 24.4 Å². The molecule has 2 aromatic rings. The fraction of sp³-hybridized carbons (Fsp3) is 0. The molecule has 2 rings (SSSR count). The molecule has 0 aliphatic carbocycles. The summed E-state index contributed by atoms with van der Waals surface area (Å²) in [6, 6.07) is 6.29. The van der Waals surface area contributed by atoms with Gasteiger partial charge in [0.2, 0.25) is 0 Å². The summed E-state index contributed by atoms with van der Waals surface area (Å²) in [5.41, 5.74) is 0.690. The van der Waals surface area contributed by atoms with Gasteiger partial charge in [0.15, 0.2) is 0 Å². The second-order valence-electron chi connectivity index (χ2n) is 2.67. The third-order valence-corrected chi connectivity index (χ3v) is 2.74. The molecule has 0 atom stereocenters. The summed E-state index contributed by atoms with van der Waals surface area (Å²) in [6.07, 6.45) is 1.62. The first kappa shape index (κ1) is 8.28. The normalized spacial score (nSPS) is 12.1. The van der Waals surface area contributed by atoms with Gasteiger partial charge in [0.25, 0.3) is 10.1 Å². The van der Waals surface area contributed by atoms with Crippen molar-refractivity contribution in [3.63, 3.8) is 0 Å². The Balaban J connectivity index is 2.91. The highest BCUT2D eigenvalue weighted by molar-refractivity contribution is 7.86. The molecular weight excluding hydrogens is 190 g/mol. The lowest BCUT2D eigenvalue weighted by Gasteiger charge is -1.97. The molecule has 68 valence electrons. The van der Waals surface area contributed by atoms with Gasteiger partial charge in [0.1, 0.15) is 4.90 Å². The zero-order valence-corrected chi connectivity index (χ0v) is 7.38. The molecule has 0 saturated heterocycles. The van der Waals surface area contributed by atoms with Crippen LogP contribution in [-0.4, -0.2) is 18.0 Å². The summed E-state index contributed by atoms with van der Waals surface area (Å²) in [5, 5.41) is 0.505. The van der Waals surface area contributed by atoms with Crippen LogP contribution < -0.4 is 0 Å². The van der Waals surface area contributed by atoms with Gasteiger partial charge in [-0.3, -0.25) is 4.55 Å². The van der Waals surface area contributed by atoms with Crippen molar-refractivity contribution in [1.29, 1.82) is 0 Å². The van der Waals surface area contributed by atoms with Crippen LogP contribution in [0.5, 0.6) is 0 Å². The number of benzene rings is 1. The van der Waals surface area contributed by atoms with Crippen LogP contribution in [0.25, 0.3) is 10.9 Å². The minimum atomic E-state index is -4.12. The van der Waals surface area contributed by atoms with Gasteiger partial charge in [-0.1, -0.05) is 6.07 Å². The second kappa shape index (κ2) is 2.58. The van der Waals surface area contributed by atoms with Crippen LogP contribution in [0, 0.1) is 0 Å². The third kappa shape index (κ3) is 1.32. The molecule has 13 heavy (non-hydrogen) atoms. The van der Waals surface area contributed by atoms with Crippen LogP contribution in [0.2, 0.25) is 0 Å². The van der Waals surface area contributed by atoms with Gasteiger partial charge in [0.05, 0.1) is 0 Å². The number of H-pyrrole nitrogens is 1. The molecule has 5 heteroatoms. The zero-order valence-electron chi connectivity index (χ0n) is 6.56. The monoisotopic (exact) mass is 197 g/mol. The first-order valence-electron chi connectivity index (χ1n) is 3.62. The SMILES string of the molecule is O=S(=O)(O)c1cccc2[nH]ccc12. The molecular formula is C8H7NO3S. The van der Waals surface area contributed by atoms with E-state index in [4.69, 9.17) is 4.55 Å². The Labute approximate surface area is 75.0 Å². The average Bonchev–Trinajstić information content (AvgIpc) is 2.48. The lowest BCUT2D eigenvalue weighted by Crippen LogP contribution is -1.97. The predicted molar refractivity (Wildman–Crippen MR) is 48.1 cm³/mol. The standard InChI is InChI=1S/C8H7NO3S/c10-13(11,12)8-3-1-2-7-6(8)4-5-9-7/h1-5,9H,(H,10,11,12). The van der Waals surface area contributed by atoms with E-state index in [2.05, 4.69) is 4.98 Å². The van der Waals surface area contributed by atoms with E-state index in [9.17, 15) is 8.42 Å². The van der Waals surface area contributed by atoms with E-state index >= 15 is 0 Å². The second-order valence-corrected chi connectivity index (χ2v) is 4.06. The quantitative estimate of drug-likeness (QED) is 0.679. The van der Waals surface area contributed by atoms with Gasteiger partial charge < -0.3 is 4.98 Å². The number of aromatic nitrogens is 1. The van der Waals surface area contributed by atoms with Gasteiger partial charge >= 0.3 is 0 Å². The van der Waals surface area contributed by atoms with Crippen molar-refractivity contribution >= 4 is 21.0 Å². The Bertz CT molecular complexity index is 541. The van der Waals surface area contributed by atoms with Crippen LogP contribution in [0.4, 0.5) is 0 Å².